The molecule has 4 heterocycles. The van der Waals surface area contributed by atoms with Crippen molar-refractivity contribution in [2.75, 3.05) is 6.61 Å². The zero-order valence-corrected chi connectivity index (χ0v) is 6.15. The molecule has 4 rings (SSSR count). The standard InChI is InChI=1S/C3H5B4OS/c1-2-8-9-5-3(6-9)4-7(3)9/h2H2,1H3. The zero-order valence-electron chi connectivity index (χ0n) is 5.33. The summed E-state index contributed by atoms with van der Waals surface area (Å²) in [7, 11) is 1.74. The first-order valence-electron chi connectivity index (χ1n) is 3.36. The van der Waals surface area contributed by atoms with E-state index < -0.39 is 9.01 Å². The van der Waals surface area contributed by atoms with Crippen molar-refractivity contribution < 1.29 is 4.18 Å². The fraction of sp³-hybridized carbons (Fsp3) is 1.00. The van der Waals surface area contributed by atoms with E-state index in [1.165, 1.54) is 0 Å². The summed E-state index contributed by atoms with van der Waals surface area (Å²) >= 11 is 0. The van der Waals surface area contributed by atoms with Crippen LogP contribution in [0.1, 0.15) is 6.92 Å². The van der Waals surface area contributed by atoms with E-state index in [0.717, 1.165) is 12.5 Å². The van der Waals surface area contributed by atoms with Gasteiger partial charge in [0, 0.05) is 0 Å². The van der Waals surface area contributed by atoms with Crippen LogP contribution in [-0.4, -0.2) is 32.0 Å². The van der Waals surface area contributed by atoms with Gasteiger partial charge in [-0.2, -0.15) is 0 Å². The van der Waals surface area contributed by atoms with Gasteiger partial charge in [0.15, 0.2) is 0 Å². The van der Waals surface area contributed by atoms with Gasteiger partial charge >= 0.3 is 57.1 Å². The van der Waals surface area contributed by atoms with Crippen molar-refractivity contribution in [2.45, 2.75) is 11.9 Å². The summed E-state index contributed by atoms with van der Waals surface area (Å²) < 4.78 is 5.62. The topological polar surface area (TPSA) is 9.23 Å². The number of rotatable bonds is 2. The molecule has 0 aromatic carbocycles. The molecular weight excluding hydrogens is 127 g/mol. The summed E-state index contributed by atoms with van der Waals surface area (Å²) in [6.07, 6.45) is 4.79. The van der Waals surface area contributed by atoms with Crippen LogP contribution in [0.2, 0.25) is 5.01 Å². The van der Waals surface area contributed by atoms with Gasteiger partial charge in [0.05, 0.1) is 0 Å². The van der Waals surface area contributed by atoms with Gasteiger partial charge in [0.25, 0.3) is 0 Å². The predicted molar refractivity (Wildman–Crippen MR) is 44.9 cm³/mol. The average molecular weight is 132 g/mol. The van der Waals surface area contributed by atoms with Crippen LogP contribution in [-0.2, 0) is 4.18 Å². The Morgan fingerprint density at radius 3 is 2.78 bits per heavy atom. The second kappa shape index (κ2) is 1.16. The molecule has 9 heavy (non-hydrogen) atoms. The van der Waals surface area contributed by atoms with E-state index in [2.05, 4.69) is 26.4 Å². The van der Waals surface area contributed by atoms with E-state index in [4.69, 9.17) is 4.18 Å². The Hall–Kier alpha value is 0.570. The molecule has 0 aromatic heterocycles. The molecule has 2 bridgehead atoms. The Labute approximate surface area is 57.6 Å². The fourth-order valence-corrected chi connectivity index (χ4v) is 5.29. The van der Waals surface area contributed by atoms with Crippen LogP contribution < -0.4 is 0 Å². The van der Waals surface area contributed by atoms with Crippen LogP contribution in [0, 0.1) is 0 Å². The molecule has 0 aromatic rings. The number of hydrogen-bond acceptors (Lipinski definition) is 1. The third-order valence-corrected chi connectivity index (χ3v) is 5.85. The Bertz CT molecular complexity index is 285. The van der Waals surface area contributed by atoms with Crippen molar-refractivity contribution in [3.05, 3.63) is 0 Å². The molecule has 41 valence electrons. The van der Waals surface area contributed by atoms with E-state index >= 15 is 0 Å². The minimum atomic E-state index is -0.665. The molecule has 1 spiro atoms. The second-order valence-corrected chi connectivity index (χ2v) is 5.54. The van der Waals surface area contributed by atoms with Crippen molar-refractivity contribution in [3.63, 3.8) is 0 Å². The molecule has 0 saturated carbocycles. The van der Waals surface area contributed by atoms with E-state index in [9.17, 15) is 0 Å². The molecule has 0 amide bonds. The SMILES string of the molecule is CCOS12=BC3([B]B31)B=2. The summed E-state index contributed by atoms with van der Waals surface area (Å²) in [4.78, 5) is 0. The monoisotopic (exact) mass is 133 g/mol. The maximum absolute atomic E-state index is 5.62. The summed E-state index contributed by atoms with van der Waals surface area (Å²) in [5, 5.41) is 0.532. The van der Waals surface area contributed by atoms with Crippen molar-refractivity contribution in [1.29, 1.82) is 0 Å². The first-order chi connectivity index (χ1) is 4.31. The zero-order chi connectivity index (χ0) is 6.11. The minimum absolute atomic E-state index is 0.532. The summed E-state index contributed by atoms with van der Waals surface area (Å²) in [6.45, 7) is 2.95. The summed E-state index contributed by atoms with van der Waals surface area (Å²) in [5.74, 6) is 0.866. The van der Waals surface area contributed by atoms with Crippen molar-refractivity contribution >= 4 is 34.4 Å². The third kappa shape index (κ3) is 0.371. The van der Waals surface area contributed by atoms with Crippen LogP contribution in [0.3, 0.4) is 0 Å². The van der Waals surface area contributed by atoms with Crippen molar-refractivity contribution in [2.24, 2.45) is 0 Å². The molecule has 4 aliphatic rings. The molecule has 1 saturated heterocycles. The molecule has 0 atom stereocenters. The van der Waals surface area contributed by atoms with E-state index in [0.29, 0.717) is 5.01 Å². The molecule has 0 N–H and O–H groups in total. The van der Waals surface area contributed by atoms with Crippen LogP contribution >= 0.6 is 9.01 Å². The molecule has 1 nitrogen and oxygen atoms in total. The molecule has 0 unspecified atom stereocenters. The Morgan fingerprint density at radius 1 is 1.67 bits per heavy atom. The Morgan fingerprint density at radius 2 is 2.44 bits per heavy atom. The van der Waals surface area contributed by atoms with Gasteiger partial charge in [0.1, 0.15) is 0 Å². The average Bonchev–Trinajstić information content (AvgIpc) is 2.25. The third-order valence-electron chi connectivity index (χ3n) is 2.32. The van der Waals surface area contributed by atoms with Gasteiger partial charge in [-0.3, -0.25) is 0 Å². The van der Waals surface area contributed by atoms with Gasteiger partial charge in [-0.05, 0) is 0 Å². The van der Waals surface area contributed by atoms with E-state index in [-0.39, 0.29) is 0 Å². The van der Waals surface area contributed by atoms with Crippen LogP contribution in [0.4, 0.5) is 0 Å². The van der Waals surface area contributed by atoms with Gasteiger partial charge in [0.2, 0.25) is 0 Å². The van der Waals surface area contributed by atoms with Gasteiger partial charge in [-0.25, -0.2) is 0 Å². The quantitative estimate of drug-likeness (QED) is 0.474. The molecule has 1 fully saturated rings. The van der Waals surface area contributed by atoms with Crippen molar-refractivity contribution in [3.8, 4) is 0 Å². The predicted octanol–water partition coefficient (Wildman–Crippen LogP) is -0.173. The summed E-state index contributed by atoms with van der Waals surface area (Å²) in [6, 6.07) is 0. The molecule has 6 heteroatoms. The molecule has 4 aliphatic heterocycles. The normalized spacial score (nSPS) is 53.2. The fourth-order valence-electron chi connectivity index (χ4n) is 1.83. The maximum atomic E-state index is 5.62. The van der Waals surface area contributed by atoms with Crippen LogP contribution in [0.15, 0.2) is 0 Å². The Balaban J connectivity index is 2.01. The first-order valence-corrected chi connectivity index (χ1v) is 5.11. The molecular formula is C3H5B4OS. The molecule has 1 radical (unpaired) electrons. The summed E-state index contributed by atoms with van der Waals surface area (Å²) in [5.41, 5.74) is 0. The van der Waals surface area contributed by atoms with E-state index in [1.807, 2.05) is 0 Å². The Kier molecular flexibility index (Phi) is 0.677. The van der Waals surface area contributed by atoms with Crippen LogP contribution in [0.5, 0.6) is 0 Å². The second-order valence-electron chi connectivity index (χ2n) is 2.93. The van der Waals surface area contributed by atoms with E-state index in [1.54, 1.807) is 0 Å². The first kappa shape index (κ1) is 5.25. The van der Waals surface area contributed by atoms with Gasteiger partial charge < -0.3 is 0 Å². The molecule has 0 aliphatic carbocycles. The van der Waals surface area contributed by atoms with Crippen LogP contribution in [0.25, 0.3) is 0 Å². The van der Waals surface area contributed by atoms with Gasteiger partial charge in [-0.15, -0.1) is 0 Å². The van der Waals surface area contributed by atoms with Crippen molar-refractivity contribution in [1.82, 2.24) is 0 Å². The number of hydrogen-bond donors (Lipinski definition) is 0. The van der Waals surface area contributed by atoms with Gasteiger partial charge in [-0.1, -0.05) is 0 Å².